The van der Waals surface area contributed by atoms with Gasteiger partial charge in [-0.25, -0.2) is 9.18 Å². The summed E-state index contributed by atoms with van der Waals surface area (Å²) in [5.41, 5.74) is 1.66. The summed E-state index contributed by atoms with van der Waals surface area (Å²) in [7, 11) is 0. The van der Waals surface area contributed by atoms with Crippen molar-refractivity contribution in [3.8, 4) is 5.75 Å². The van der Waals surface area contributed by atoms with Crippen LogP contribution in [-0.4, -0.2) is 50.9 Å². The fourth-order valence-electron chi connectivity index (χ4n) is 2.80. The Balaban J connectivity index is 1.45. The normalized spacial score (nSPS) is 14.8. The van der Waals surface area contributed by atoms with E-state index in [1.54, 1.807) is 12.1 Å². The first kappa shape index (κ1) is 20.6. The smallest absolute Gasteiger partial charge is 0.344 e. The Kier molecular flexibility index (Phi) is 7.02. The standard InChI is InChI=1S/C21H23FN2O5/c1-15(29-20(25)14-28-19-4-2-3-16(22)13-19)21(26)23-17-5-7-18(8-6-17)24-9-11-27-12-10-24/h2-8,13,15H,9-12,14H2,1H3,(H,23,26)/t15-/m1/s1. The molecule has 0 unspecified atom stereocenters. The van der Waals surface area contributed by atoms with Crippen LogP contribution in [0.4, 0.5) is 15.8 Å². The third-order valence-electron chi connectivity index (χ3n) is 4.34. The first-order valence-corrected chi connectivity index (χ1v) is 9.33. The number of hydrogen-bond acceptors (Lipinski definition) is 6. The molecule has 1 fully saturated rings. The van der Waals surface area contributed by atoms with E-state index in [2.05, 4.69) is 10.2 Å². The highest BCUT2D eigenvalue weighted by Gasteiger charge is 2.19. The van der Waals surface area contributed by atoms with Crippen LogP contribution in [0.2, 0.25) is 0 Å². The molecule has 2 aromatic carbocycles. The van der Waals surface area contributed by atoms with Gasteiger partial charge in [-0.05, 0) is 43.3 Å². The number of carbonyl (C=O) groups excluding carboxylic acids is 2. The number of morpholine rings is 1. The topological polar surface area (TPSA) is 77.1 Å². The second-order valence-electron chi connectivity index (χ2n) is 6.51. The van der Waals surface area contributed by atoms with Crippen molar-refractivity contribution in [1.29, 1.82) is 0 Å². The monoisotopic (exact) mass is 402 g/mol. The van der Waals surface area contributed by atoms with E-state index in [0.717, 1.165) is 24.8 Å². The Morgan fingerprint density at radius 1 is 1.17 bits per heavy atom. The number of halogens is 1. The van der Waals surface area contributed by atoms with Crippen LogP contribution in [0.15, 0.2) is 48.5 Å². The van der Waals surface area contributed by atoms with Gasteiger partial charge in [0.2, 0.25) is 0 Å². The van der Waals surface area contributed by atoms with Crippen LogP contribution in [0.3, 0.4) is 0 Å². The fourth-order valence-corrected chi connectivity index (χ4v) is 2.80. The second-order valence-corrected chi connectivity index (χ2v) is 6.51. The zero-order valence-corrected chi connectivity index (χ0v) is 16.1. The van der Waals surface area contributed by atoms with E-state index in [-0.39, 0.29) is 5.75 Å². The van der Waals surface area contributed by atoms with Crippen LogP contribution >= 0.6 is 0 Å². The molecule has 1 aliphatic heterocycles. The van der Waals surface area contributed by atoms with Crippen molar-refractivity contribution in [3.63, 3.8) is 0 Å². The maximum atomic E-state index is 13.1. The molecule has 0 radical (unpaired) electrons. The van der Waals surface area contributed by atoms with Crippen LogP contribution in [0.5, 0.6) is 5.75 Å². The van der Waals surface area contributed by atoms with Gasteiger partial charge in [-0.15, -0.1) is 0 Å². The van der Waals surface area contributed by atoms with Gasteiger partial charge < -0.3 is 24.4 Å². The van der Waals surface area contributed by atoms with E-state index < -0.39 is 30.4 Å². The van der Waals surface area contributed by atoms with Crippen molar-refractivity contribution in [2.45, 2.75) is 13.0 Å². The highest BCUT2D eigenvalue weighted by atomic mass is 19.1. The number of rotatable bonds is 7. The number of amides is 1. The molecule has 1 N–H and O–H groups in total. The first-order valence-electron chi connectivity index (χ1n) is 9.33. The summed E-state index contributed by atoms with van der Waals surface area (Å²) in [6.07, 6.45) is -1.00. The van der Waals surface area contributed by atoms with Gasteiger partial charge in [0.05, 0.1) is 13.2 Å². The van der Waals surface area contributed by atoms with E-state index in [1.165, 1.54) is 25.1 Å². The van der Waals surface area contributed by atoms with Crippen molar-refractivity contribution < 1.29 is 28.2 Å². The lowest BCUT2D eigenvalue weighted by molar-refractivity contribution is -0.155. The molecule has 1 heterocycles. The second kappa shape index (κ2) is 9.88. The molecule has 1 amide bonds. The van der Waals surface area contributed by atoms with Gasteiger partial charge >= 0.3 is 5.97 Å². The predicted molar refractivity (Wildman–Crippen MR) is 106 cm³/mol. The quantitative estimate of drug-likeness (QED) is 0.718. The molecular formula is C21H23FN2O5. The zero-order valence-electron chi connectivity index (χ0n) is 16.1. The van der Waals surface area contributed by atoms with Gasteiger partial charge in [0, 0.05) is 30.5 Å². The number of anilines is 2. The number of ether oxygens (including phenoxy) is 3. The van der Waals surface area contributed by atoms with Gasteiger partial charge in [-0.2, -0.15) is 0 Å². The van der Waals surface area contributed by atoms with Crippen LogP contribution in [0, 0.1) is 5.82 Å². The number of benzene rings is 2. The lowest BCUT2D eigenvalue weighted by Gasteiger charge is -2.28. The highest BCUT2D eigenvalue weighted by molar-refractivity contribution is 5.95. The average Bonchev–Trinajstić information content (AvgIpc) is 2.73. The lowest BCUT2D eigenvalue weighted by Crippen LogP contribution is -2.36. The van der Waals surface area contributed by atoms with Crippen LogP contribution in [-0.2, 0) is 19.1 Å². The first-order chi connectivity index (χ1) is 14.0. The number of nitrogens with one attached hydrogen (secondary N) is 1. The minimum Gasteiger partial charge on any atom is -0.482 e. The zero-order chi connectivity index (χ0) is 20.6. The number of esters is 1. The minimum atomic E-state index is -1.00. The summed E-state index contributed by atoms with van der Waals surface area (Å²) in [5.74, 6) is -1.44. The maximum absolute atomic E-state index is 13.1. The molecule has 7 nitrogen and oxygen atoms in total. The molecule has 1 saturated heterocycles. The maximum Gasteiger partial charge on any atom is 0.344 e. The summed E-state index contributed by atoms with van der Waals surface area (Å²) in [6, 6.07) is 12.8. The van der Waals surface area contributed by atoms with Gasteiger partial charge in [-0.1, -0.05) is 6.07 Å². The highest BCUT2D eigenvalue weighted by Crippen LogP contribution is 2.19. The molecule has 2 aromatic rings. The van der Waals surface area contributed by atoms with Crippen molar-refractivity contribution in [1.82, 2.24) is 0 Å². The van der Waals surface area contributed by atoms with Crippen LogP contribution in [0.25, 0.3) is 0 Å². The minimum absolute atomic E-state index is 0.208. The third kappa shape index (κ3) is 6.18. The molecule has 29 heavy (non-hydrogen) atoms. The summed E-state index contributed by atoms with van der Waals surface area (Å²) in [4.78, 5) is 26.3. The van der Waals surface area contributed by atoms with Crippen molar-refractivity contribution in [2.75, 3.05) is 43.1 Å². The molecule has 0 aliphatic carbocycles. The van der Waals surface area contributed by atoms with Gasteiger partial charge in [0.1, 0.15) is 11.6 Å². The van der Waals surface area contributed by atoms with E-state index in [4.69, 9.17) is 14.2 Å². The molecule has 1 aliphatic rings. The number of carbonyl (C=O) groups is 2. The summed E-state index contributed by atoms with van der Waals surface area (Å²) < 4.78 is 28.6. The molecule has 0 saturated carbocycles. The third-order valence-corrected chi connectivity index (χ3v) is 4.34. The van der Waals surface area contributed by atoms with Crippen LogP contribution in [0.1, 0.15) is 6.92 Å². The molecule has 3 rings (SSSR count). The molecule has 1 atom stereocenters. The van der Waals surface area contributed by atoms with Gasteiger partial charge in [0.15, 0.2) is 12.7 Å². The fraction of sp³-hybridized carbons (Fsp3) is 0.333. The Morgan fingerprint density at radius 3 is 2.59 bits per heavy atom. The van der Waals surface area contributed by atoms with Crippen molar-refractivity contribution in [2.24, 2.45) is 0 Å². The van der Waals surface area contributed by atoms with Crippen molar-refractivity contribution >= 4 is 23.3 Å². The van der Waals surface area contributed by atoms with Gasteiger partial charge in [-0.3, -0.25) is 4.79 Å². The Morgan fingerprint density at radius 2 is 1.90 bits per heavy atom. The van der Waals surface area contributed by atoms with E-state index in [0.29, 0.717) is 18.9 Å². The lowest BCUT2D eigenvalue weighted by atomic mass is 10.2. The SMILES string of the molecule is C[C@@H](OC(=O)COc1cccc(F)c1)C(=O)Nc1ccc(N2CCOCC2)cc1. The molecule has 154 valence electrons. The average molecular weight is 402 g/mol. The van der Waals surface area contributed by atoms with Gasteiger partial charge in [0.25, 0.3) is 5.91 Å². The van der Waals surface area contributed by atoms with Crippen molar-refractivity contribution in [3.05, 3.63) is 54.3 Å². The number of nitrogens with zero attached hydrogens (tertiary/aromatic N) is 1. The Bertz CT molecular complexity index is 837. The Hall–Kier alpha value is -3.13. The molecule has 0 spiro atoms. The largest absolute Gasteiger partial charge is 0.482 e. The van der Waals surface area contributed by atoms with Crippen LogP contribution < -0.4 is 15.0 Å². The molecular weight excluding hydrogens is 379 g/mol. The predicted octanol–water partition coefficient (Wildman–Crippen LogP) is 2.61. The molecule has 0 bridgehead atoms. The van der Waals surface area contributed by atoms with E-state index in [9.17, 15) is 14.0 Å². The number of hydrogen-bond donors (Lipinski definition) is 1. The molecule has 8 heteroatoms. The summed E-state index contributed by atoms with van der Waals surface area (Å²) in [5, 5.41) is 2.71. The molecule has 0 aromatic heterocycles. The summed E-state index contributed by atoms with van der Waals surface area (Å²) in [6.45, 7) is 4.11. The van der Waals surface area contributed by atoms with E-state index >= 15 is 0 Å². The summed E-state index contributed by atoms with van der Waals surface area (Å²) >= 11 is 0. The Labute approximate surface area is 168 Å². The van der Waals surface area contributed by atoms with E-state index in [1.807, 2.05) is 12.1 Å².